The lowest BCUT2D eigenvalue weighted by Crippen LogP contribution is -2.15. The second kappa shape index (κ2) is 5.28. The van der Waals surface area contributed by atoms with Gasteiger partial charge in [-0.05, 0) is 41.1 Å². The fraction of sp³-hybridized carbons (Fsp3) is 0.167. The van der Waals surface area contributed by atoms with Crippen LogP contribution in [0.4, 0.5) is 19.0 Å². The number of aromatic nitrogens is 2. The van der Waals surface area contributed by atoms with Crippen LogP contribution >= 0.6 is 15.9 Å². The number of aromatic amines is 1. The summed E-state index contributed by atoms with van der Waals surface area (Å²) in [4.78, 5) is 12.0. The summed E-state index contributed by atoms with van der Waals surface area (Å²) in [5, 5.41) is 8.74. The number of rotatable bonds is 2. The molecule has 1 heterocycles. The molecule has 0 aliphatic rings. The molecule has 8 heteroatoms. The van der Waals surface area contributed by atoms with Crippen LogP contribution in [-0.2, 0) is 6.18 Å². The number of carbonyl (C=O) groups excluding carboxylic acids is 1. The molecule has 0 radical (unpaired) electrons. The fourth-order valence-corrected chi connectivity index (χ4v) is 1.96. The number of carbonyl (C=O) groups is 1. The molecule has 106 valence electrons. The number of nitrogens with one attached hydrogen (secondary N) is 2. The van der Waals surface area contributed by atoms with E-state index in [0.29, 0.717) is 11.4 Å². The third-order valence-electron chi connectivity index (χ3n) is 2.61. The van der Waals surface area contributed by atoms with E-state index in [1.165, 1.54) is 12.3 Å². The van der Waals surface area contributed by atoms with Gasteiger partial charge in [0.15, 0.2) is 0 Å². The van der Waals surface area contributed by atoms with Crippen LogP contribution in [0.1, 0.15) is 21.5 Å². The van der Waals surface area contributed by atoms with Gasteiger partial charge in [-0.1, -0.05) is 0 Å². The molecule has 2 N–H and O–H groups in total. The average Bonchev–Trinajstić information content (AvgIpc) is 2.74. The molecule has 0 saturated heterocycles. The van der Waals surface area contributed by atoms with Gasteiger partial charge in [0.2, 0.25) is 0 Å². The zero-order valence-electron chi connectivity index (χ0n) is 10.2. The Morgan fingerprint density at radius 2 is 2.10 bits per heavy atom. The van der Waals surface area contributed by atoms with Gasteiger partial charge in [-0.2, -0.15) is 18.3 Å². The molecule has 0 aliphatic heterocycles. The van der Waals surface area contributed by atoms with Crippen LogP contribution in [-0.4, -0.2) is 16.1 Å². The number of nitrogens with zero attached hydrogens (tertiary/aromatic N) is 1. The summed E-state index contributed by atoms with van der Waals surface area (Å²) in [6.45, 7) is 1.71. The van der Waals surface area contributed by atoms with Gasteiger partial charge in [0.25, 0.3) is 5.91 Å². The molecule has 0 fully saturated rings. The van der Waals surface area contributed by atoms with E-state index in [0.717, 1.165) is 12.1 Å². The van der Waals surface area contributed by atoms with E-state index in [1.807, 2.05) is 0 Å². The lowest BCUT2D eigenvalue weighted by molar-refractivity contribution is -0.137. The summed E-state index contributed by atoms with van der Waals surface area (Å²) in [7, 11) is 0. The molecule has 1 aromatic carbocycles. The minimum absolute atomic E-state index is 0.103. The maximum atomic E-state index is 12.6. The Morgan fingerprint density at radius 3 is 2.65 bits per heavy atom. The first kappa shape index (κ1) is 14.6. The summed E-state index contributed by atoms with van der Waals surface area (Å²) >= 11 is 3.07. The molecular weight excluding hydrogens is 339 g/mol. The van der Waals surface area contributed by atoms with E-state index in [1.54, 1.807) is 6.92 Å². The van der Waals surface area contributed by atoms with Crippen LogP contribution < -0.4 is 5.32 Å². The Bertz CT molecular complexity index is 652. The van der Waals surface area contributed by atoms with Crippen molar-refractivity contribution in [1.29, 1.82) is 0 Å². The Morgan fingerprint density at radius 1 is 1.40 bits per heavy atom. The normalized spacial score (nSPS) is 11.4. The van der Waals surface area contributed by atoms with E-state index in [4.69, 9.17) is 0 Å². The van der Waals surface area contributed by atoms with Crippen LogP contribution in [0.2, 0.25) is 0 Å². The third kappa shape index (κ3) is 3.01. The van der Waals surface area contributed by atoms with E-state index in [9.17, 15) is 18.0 Å². The maximum Gasteiger partial charge on any atom is 0.416 e. The van der Waals surface area contributed by atoms with Crippen molar-refractivity contribution in [3.05, 3.63) is 45.6 Å². The first-order chi connectivity index (χ1) is 9.29. The second-order valence-electron chi connectivity index (χ2n) is 4.07. The number of hydrogen-bond acceptors (Lipinski definition) is 2. The lowest BCUT2D eigenvalue weighted by atomic mass is 10.1. The molecule has 1 aromatic heterocycles. The molecule has 4 nitrogen and oxygen atoms in total. The molecule has 1 amide bonds. The highest BCUT2D eigenvalue weighted by molar-refractivity contribution is 9.10. The predicted octanol–water partition coefficient (Wildman–Crippen LogP) is 3.75. The molecule has 0 atom stereocenters. The first-order valence-electron chi connectivity index (χ1n) is 5.47. The number of H-pyrrole nitrogens is 1. The third-order valence-corrected chi connectivity index (χ3v) is 3.30. The van der Waals surface area contributed by atoms with Gasteiger partial charge >= 0.3 is 6.18 Å². The van der Waals surface area contributed by atoms with Gasteiger partial charge in [0.05, 0.1) is 17.3 Å². The maximum absolute atomic E-state index is 12.6. The molecule has 0 unspecified atom stereocenters. The molecule has 2 aromatic rings. The molecule has 0 aliphatic carbocycles. The Balaban J connectivity index is 2.32. The van der Waals surface area contributed by atoms with Crippen LogP contribution in [0.3, 0.4) is 0 Å². The SMILES string of the molecule is Cc1cn[nH]c1NC(=O)c1cc(C(F)(F)F)ccc1Br. The zero-order chi connectivity index (χ0) is 14.9. The number of benzene rings is 1. The fourth-order valence-electron chi connectivity index (χ4n) is 1.53. The van der Waals surface area contributed by atoms with Crippen LogP contribution in [0, 0.1) is 6.92 Å². The molecule has 2 rings (SSSR count). The number of hydrogen-bond donors (Lipinski definition) is 2. The Labute approximate surface area is 120 Å². The molecular formula is C12H9BrF3N3O. The van der Waals surface area contributed by atoms with Gasteiger partial charge < -0.3 is 5.32 Å². The summed E-state index contributed by atoms with van der Waals surface area (Å²) < 4.78 is 38.2. The molecule has 0 spiro atoms. The lowest BCUT2D eigenvalue weighted by Gasteiger charge is -2.10. The number of amides is 1. The van der Waals surface area contributed by atoms with Crippen molar-refractivity contribution < 1.29 is 18.0 Å². The second-order valence-corrected chi connectivity index (χ2v) is 4.93. The molecule has 20 heavy (non-hydrogen) atoms. The number of alkyl halides is 3. The number of anilines is 1. The van der Waals surface area contributed by atoms with Crippen molar-refractivity contribution >= 4 is 27.7 Å². The van der Waals surface area contributed by atoms with Crippen LogP contribution in [0.5, 0.6) is 0 Å². The summed E-state index contributed by atoms with van der Waals surface area (Å²) in [5.74, 6) is -0.311. The van der Waals surface area contributed by atoms with Gasteiger partial charge in [0.1, 0.15) is 5.82 Å². The van der Waals surface area contributed by atoms with E-state index < -0.39 is 17.6 Å². The quantitative estimate of drug-likeness (QED) is 0.869. The monoisotopic (exact) mass is 347 g/mol. The summed E-state index contributed by atoms with van der Waals surface area (Å²) in [5.41, 5.74) is -0.303. The van der Waals surface area contributed by atoms with Gasteiger partial charge in [-0.15, -0.1) is 0 Å². The molecule has 0 saturated carbocycles. The minimum atomic E-state index is -4.50. The highest BCUT2D eigenvalue weighted by atomic mass is 79.9. The van der Waals surface area contributed by atoms with Crippen molar-refractivity contribution in [2.75, 3.05) is 5.32 Å². The first-order valence-corrected chi connectivity index (χ1v) is 6.26. The highest BCUT2D eigenvalue weighted by Gasteiger charge is 2.31. The zero-order valence-corrected chi connectivity index (χ0v) is 11.8. The van der Waals surface area contributed by atoms with Crippen molar-refractivity contribution in [3.63, 3.8) is 0 Å². The summed E-state index contributed by atoms with van der Waals surface area (Å²) in [6, 6.07) is 2.89. The smallest absolute Gasteiger partial charge is 0.307 e. The number of aryl methyl sites for hydroxylation is 1. The highest BCUT2D eigenvalue weighted by Crippen LogP contribution is 2.32. The van der Waals surface area contributed by atoms with E-state index in [-0.39, 0.29) is 10.0 Å². The van der Waals surface area contributed by atoms with Crippen LogP contribution in [0.25, 0.3) is 0 Å². The van der Waals surface area contributed by atoms with Gasteiger partial charge in [0, 0.05) is 10.0 Å². The van der Waals surface area contributed by atoms with E-state index >= 15 is 0 Å². The van der Waals surface area contributed by atoms with Crippen molar-refractivity contribution in [3.8, 4) is 0 Å². The standard InChI is InChI=1S/C12H9BrF3N3O/c1-6-5-17-19-10(6)18-11(20)8-4-7(12(14,15)16)2-3-9(8)13/h2-5H,1H3,(H2,17,18,19,20). The van der Waals surface area contributed by atoms with E-state index in [2.05, 4.69) is 31.4 Å². The largest absolute Gasteiger partial charge is 0.416 e. The van der Waals surface area contributed by atoms with Gasteiger partial charge in [-0.3, -0.25) is 9.89 Å². The Hall–Kier alpha value is -1.83. The topological polar surface area (TPSA) is 57.8 Å². The van der Waals surface area contributed by atoms with Crippen molar-refractivity contribution in [1.82, 2.24) is 10.2 Å². The minimum Gasteiger partial charge on any atom is -0.307 e. The molecule has 0 bridgehead atoms. The summed E-state index contributed by atoms with van der Waals surface area (Å²) in [6.07, 6.45) is -3.00. The Kier molecular flexibility index (Phi) is 3.85. The van der Waals surface area contributed by atoms with Gasteiger partial charge in [-0.25, -0.2) is 0 Å². The average molecular weight is 348 g/mol. The number of halogens is 4. The van der Waals surface area contributed by atoms with Crippen molar-refractivity contribution in [2.24, 2.45) is 0 Å². The van der Waals surface area contributed by atoms with Crippen molar-refractivity contribution in [2.45, 2.75) is 13.1 Å². The van der Waals surface area contributed by atoms with Crippen LogP contribution in [0.15, 0.2) is 28.9 Å². The predicted molar refractivity (Wildman–Crippen MR) is 70.4 cm³/mol.